The van der Waals surface area contributed by atoms with Crippen molar-refractivity contribution in [2.75, 3.05) is 13.2 Å². The van der Waals surface area contributed by atoms with Crippen LogP contribution in [0.2, 0.25) is 0 Å². The number of hydrogen-bond donors (Lipinski definition) is 0. The van der Waals surface area contributed by atoms with Crippen LogP contribution in [0, 0.1) is 0 Å². The first kappa shape index (κ1) is 15.0. The van der Waals surface area contributed by atoms with Crippen LogP contribution < -0.4 is 0 Å². The van der Waals surface area contributed by atoms with E-state index in [2.05, 4.69) is 0 Å². The number of carbonyl (C=O) groups is 2. The van der Waals surface area contributed by atoms with Gasteiger partial charge in [0.1, 0.15) is 0 Å². The fraction of sp³-hybridized carbons (Fsp3) is 0.857. The van der Waals surface area contributed by atoms with Crippen LogP contribution in [0.25, 0.3) is 0 Å². The van der Waals surface area contributed by atoms with E-state index < -0.39 is 0 Å². The number of ether oxygens (including phenoxy) is 2. The van der Waals surface area contributed by atoms with Crippen LogP contribution in [0.15, 0.2) is 0 Å². The Bertz CT molecular complexity index is 204. The lowest BCUT2D eigenvalue weighted by Gasteiger charge is -2.07. The van der Waals surface area contributed by atoms with Crippen LogP contribution in [0.3, 0.4) is 0 Å². The zero-order chi connectivity index (χ0) is 13.1. The van der Waals surface area contributed by atoms with Crippen molar-refractivity contribution in [2.45, 2.75) is 64.2 Å². The van der Waals surface area contributed by atoms with Gasteiger partial charge in [0.15, 0.2) is 0 Å². The second kappa shape index (κ2) is 9.92. The number of cyclic esters (lactones) is 2. The van der Waals surface area contributed by atoms with Crippen molar-refractivity contribution >= 4 is 11.9 Å². The maximum atomic E-state index is 11.3. The molecule has 0 atom stereocenters. The molecule has 1 heterocycles. The van der Waals surface area contributed by atoms with Gasteiger partial charge in [-0.3, -0.25) is 9.59 Å². The zero-order valence-corrected chi connectivity index (χ0v) is 11.1. The van der Waals surface area contributed by atoms with Crippen LogP contribution in [0.1, 0.15) is 64.2 Å². The second-order valence-corrected chi connectivity index (χ2v) is 4.77. The molecule has 0 saturated carbocycles. The van der Waals surface area contributed by atoms with Crippen molar-refractivity contribution in [1.29, 1.82) is 0 Å². The molecule has 0 aromatic rings. The molecule has 0 aromatic carbocycles. The van der Waals surface area contributed by atoms with Gasteiger partial charge in [-0.05, 0) is 32.1 Å². The minimum absolute atomic E-state index is 0.0754. The highest BCUT2D eigenvalue weighted by Gasteiger charge is 2.05. The van der Waals surface area contributed by atoms with Crippen LogP contribution in [-0.4, -0.2) is 25.2 Å². The Hall–Kier alpha value is -1.06. The standard InChI is InChI=1S/C14H24O4/c15-13-9-5-2-1-3-6-10-14(16)18-12-8-4-7-11-17-13/h1-12H2. The number of hydrogen-bond acceptors (Lipinski definition) is 4. The van der Waals surface area contributed by atoms with Crippen molar-refractivity contribution in [3.63, 3.8) is 0 Å². The van der Waals surface area contributed by atoms with Crippen LogP contribution in [0.5, 0.6) is 0 Å². The van der Waals surface area contributed by atoms with E-state index in [4.69, 9.17) is 9.47 Å². The lowest BCUT2D eigenvalue weighted by Crippen LogP contribution is -2.08. The summed E-state index contributed by atoms with van der Waals surface area (Å²) in [4.78, 5) is 22.7. The first-order valence-corrected chi connectivity index (χ1v) is 7.10. The number of carbonyl (C=O) groups excluding carboxylic acids is 2. The highest BCUT2D eigenvalue weighted by Crippen LogP contribution is 2.09. The molecule has 1 aliphatic rings. The predicted octanol–water partition coefficient (Wildman–Crippen LogP) is 2.99. The summed E-state index contributed by atoms with van der Waals surface area (Å²) in [5, 5.41) is 0. The first-order valence-electron chi connectivity index (χ1n) is 7.10. The smallest absolute Gasteiger partial charge is 0.305 e. The van der Waals surface area contributed by atoms with Gasteiger partial charge in [-0.2, -0.15) is 0 Å². The molecule has 0 N–H and O–H groups in total. The second-order valence-electron chi connectivity index (χ2n) is 4.77. The van der Waals surface area contributed by atoms with Crippen molar-refractivity contribution in [3.8, 4) is 0 Å². The molecular weight excluding hydrogens is 232 g/mol. The molecule has 0 spiro atoms. The molecule has 0 aliphatic carbocycles. The van der Waals surface area contributed by atoms with Gasteiger partial charge >= 0.3 is 11.9 Å². The molecule has 0 unspecified atom stereocenters. The molecule has 0 amide bonds. The Balaban J connectivity index is 2.21. The fourth-order valence-electron chi connectivity index (χ4n) is 1.97. The summed E-state index contributed by atoms with van der Waals surface area (Å²) < 4.78 is 10.2. The lowest BCUT2D eigenvalue weighted by atomic mass is 10.1. The average Bonchev–Trinajstić information content (AvgIpc) is 2.35. The van der Waals surface area contributed by atoms with E-state index in [1.807, 2.05) is 0 Å². The van der Waals surface area contributed by atoms with Gasteiger partial charge in [0.25, 0.3) is 0 Å². The van der Waals surface area contributed by atoms with Crippen LogP contribution in [0.4, 0.5) is 0 Å². The third kappa shape index (κ3) is 8.09. The molecular formula is C14H24O4. The van der Waals surface area contributed by atoms with Crippen LogP contribution in [-0.2, 0) is 19.1 Å². The van der Waals surface area contributed by atoms with Gasteiger partial charge in [0.05, 0.1) is 13.2 Å². The summed E-state index contributed by atoms with van der Waals surface area (Å²) in [6.07, 6.45) is 8.61. The molecule has 18 heavy (non-hydrogen) atoms. The topological polar surface area (TPSA) is 52.6 Å². The molecule has 0 aromatic heterocycles. The third-order valence-corrected chi connectivity index (χ3v) is 3.08. The minimum atomic E-state index is -0.0754. The SMILES string of the molecule is O=C1CCCCCCCC(=O)OCCCCCO1. The summed E-state index contributed by atoms with van der Waals surface area (Å²) in [5.41, 5.74) is 0. The van der Waals surface area contributed by atoms with E-state index in [-0.39, 0.29) is 11.9 Å². The molecule has 0 radical (unpaired) electrons. The Morgan fingerprint density at radius 1 is 0.556 bits per heavy atom. The third-order valence-electron chi connectivity index (χ3n) is 3.08. The highest BCUT2D eigenvalue weighted by molar-refractivity contribution is 5.69. The summed E-state index contributed by atoms with van der Waals surface area (Å²) in [6.45, 7) is 0.986. The Kier molecular flexibility index (Phi) is 8.26. The normalized spacial score (nSPS) is 22.0. The zero-order valence-electron chi connectivity index (χ0n) is 11.1. The van der Waals surface area contributed by atoms with Gasteiger partial charge < -0.3 is 9.47 Å². The first-order chi connectivity index (χ1) is 8.79. The van der Waals surface area contributed by atoms with E-state index in [1.165, 1.54) is 0 Å². The lowest BCUT2D eigenvalue weighted by molar-refractivity contribution is -0.144. The maximum absolute atomic E-state index is 11.3. The summed E-state index contributed by atoms with van der Waals surface area (Å²) >= 11 is 0. The van der Waals surface area contributed by atoms with Crippen molar-refractivity contribution < 1.29 is 19.1 Å². The highest BCUT2D eigenvalue weighted by atomic mass is 16.5. The molecule has 1 rings (SSSR count). The van der Waals surface area contributed by atoms with E-state index in [1.54, 1.807) is 0 Å². The summed E-state index contributed by atoms with van der Waals surface area (Å²) in [6, 6.07) is 0. The van der Waals surface area contributed by atoms with E-state index in [9.17, 15) is 9.59 Å². The Morgan fingerprint density at radius 3 is 1.44 bits per heavy atom. The fourth-order valence-corrected chi connectivity index (χ4v) is 1.97. The van der Waals surface area contributed by atoms with E-state index in [0.717, 1.165) is 51.4 Å². The molecule has 1 aliphatic heterocycles. The maximum Gasteiger partial charge on any atom is 0.305 e. The number of esters is 2. The van der Waals surface area contributed by atoms with Gasteiger partial charge in [-0.15, -0.1) is 0 Å². The summed E-state index contributed by atoms with van der Waals surface area (Å²) in [5.74, 6) is -0.151. The monoisotopic (exact) mass is 256 g/mol. The minimum Gasteiger partial charge on any atom is -0.466 e. The molecule has 4 heteroatoms. The molecule has 1 saturated heterocycles. The van der Waals surface area contributed by atoms with Gasteiger partial charge in [-0.1, -0.05) is 19.3 Å². The van der Waals surface area contributed by atoms with Crippen molar-refractivity contribution in [2.24, 2.45) is 0 Å². The van der Waals surface area contributed by atoms with Crippen molar-refractivity contribution in [3.05, 3.63) is 0 Å². The predicted molar refractivity (Wildman–Crippen MR) is 68.1 cm³/mol. The Labute approximate surface area is 109 Å². The van der Waals surface area contributed by atoms with E-state index in [0.29, 0.717) is 26.1 Å². The quantitative estimate of drug-likeness (QED) is 0.625. The summed E-state index contributed by atoms with van der Waals surface area (Å²) in [7, 11) is 0. The van der Waals surface area contributed by atoms with Gasteiger partial charge in [-0.25, -0.2) is 0 Å². The van der Waals surface area contributed by atoms with Crippen LogP contribution >= 0.6 is 0 Å². The largest absolute Gasteiger partial charge is 0.466 e. The molecule has 0 bridgehead atoms. The number of rotatable bonds is 0. The van der Waals surface area contributed by atoms with Gasteiger partial charge in [0.2, 0.25) is 0 Å². The van der Waals surface area contributed by atoms with E-state index >= 15 is 0 Å². The molecule has 104 valence electrons. The Morgan fingerprint density at radius 2 is 0.944 bits per heavy atom. The molecule has 1 fully saturated rings. The van der Waals surface area contributed by atoms with Crippen molar-refractivity contribution in [1.82, 2.24) is 0 Å². The molecule has 4 nitrogen and oxygen atoms in total. The average molecular weight is 256 g/mol. The van der Waals surface area contributed by atoms with Gasteiger partial charge in [0, 0.05) is 12.8 Å².